The van der Waals surface area contributed by atoms with E-state index in [2.05, 4.69) is 20.3 Å². The number of allylic oxidation sites excluding steroid dienone is 1. The lowest BCUT2D eigenvalue weighted by Gasteiger charge is -2.34. The van der Waals surface area contributed by atoms with Gasteiger partial charge < -0.3 is 19.7 Å². The number of aromatic nitrogens is 3. The summed E-state index contributed by atoms with van der Waals surface area (Å²) in [5.74, 6) is -0.912. The molecule has 5 rings (SSSR count). The average Bonchev–Trinajstić information content (AvgIpc) is 3.52. The number of amides is 3. The number of fused-ring (bicyclic) bond motifs is 1. The molecule has 2 aromatic rings. The van der Waals surface area contributed by atoms with Crippen LogP contribution in [0.5, 0.6) is 0 Å². The molecular weight excluding hydrogens is 546 g/mol. The maximum absolute atomic E-state index is 14.8. The van der Waals surface area contributed by atoms with Crippen molar-refractivity contribution >= 4 is 23.3 Å². The van der Waals surface area contributed by atoms with Crippen LogP contribution in [0.15, 0.2) is 24.5 Å². The first kappa shape index (κ1) is 30.0. The molecule has 0 bridgehead atoms. The number of nitrogens with zero attached hydrogens (tertiary/aromatic N) is 5. The first-order valence-corrected chi connectivity index (χ1v) is 14.9. The van der Waals surface area contributed by atoms with Crippen molar-refractivity contribution in [1.29, 1.82) is 0 Å². The summed E-state index contributed by atoms with van der Waals surface area (Å²) in [7, 11) is 0. The number of ether oxygens (including phenoxy) is 2. The fourth-order valence-electron chi connectivity index (χ4n) is 5.85. The van der Waals surface area contributed by atoms with Crippen LogP contribution in [0.25, 0.3) is 5.57 Å². The van der Waals surface area contributed by atoms with Crippen molar-refractivity contribution in [1.82, 2.24) is 24.8 Å². The van der Waals surface area contributed by atoms with Gasteiger partial charge in [-0.1, -0.05) is 6.08 Å². The number of imide groups is 1. The van der Waals surface area contributed by atoms with E-state index < -0.39 is 11.6 Å². The zero-order valence-electron chi connectivity index (χ0n) is 24.0. The Hall–Kier alpha value is -3.51. The summed E-state index contributed by atoms with van der Waals surface area (Å²) in [5.41, 5.74) is 1.94. The Balaban J connectivity index is 1.14. The molecule has 0 unspecified atom stereocenters. The van der Waals surface area contributed by atoms with Crippen LogP contribution in [0.3, 0.4) is 0 Å². The highest BCUT2D eigenvalue weighted by molar-refractivity contribution is 6.02. The molecular formula is C30H38F2N6O4. The number of nitrogens with one attached hydrogen (secondary N) is 1. The molecule has 226 valence electrons. The molecule has 12 heteroatoms. The normalized spacial score (nSPS) is 20.3. The molecule has 2 atom stereocenters. The predicted octanol–water partition coefficient (Wildman–Crippen LogP) is 4.35. The Morgan fingerprint density at radius 3 is 2.76 bits per heavy atom. The van der Waals surface area contributed by atoms with Gasteiger partial charge in [0.25, 0.3) is 5.91 Å². The van der Waals surface area contributed by atoms with Gasteiger partial charge in [0.1, 0.15) is 12.4 Å². The van der Waals surface area contributed by atoms with E-state index in [1.807, 2.05) is 13.0 Å². The number of rotatable bonds is 14. The summed E-state index contributed by atoms with van der Waals surface area (Å²) in [6, 6.07) is 0.701. The van der Waals surface area contributed by atoms with E-state index in [0.29, 0.717) is 63.4 Å². The van der Waals surface area contributed by atoms with E-state index in [9.17, 15) is 18.4 Å². The Labute approximate surface area is 244 Å². The second-order valence-electron chi connectivity index (χ2n) is 10.9. The van der Waals surface area contributed by atoms with Gasteiger partial charge in [0.15, 0.2) is 17.5 Å². The number of carbonyl (C=O) groups is 2. The summed E-state index contributed by atoms with van der Waals surface area (Å²) >= 11 is 0. The minimum absolute atomic E-state index is 0.0481. The fourth-order valence-corrected chi connectivity index (χ4v) is 5.85. The molecule has 0 radical (unpaired) electrons. The van der Waals surface area contributed by atoms with Crippen molar-refractivity contribution in [3.8, 4) is 0 Å². The minimum Gasteiger partial charge on any atom is -0.379 e. The average molecular weight is 585 g/mol. The van der Waals surface area contributed by atoms with Crippen LogP contribution in [-0.2, 0) is 20.7 Å². The maximum Gasteiger partial charge on any atom is 0.327 e. The molecule has 2 aliphatic carbocycles. The van der Waals surface area contributed by atoms with Crippen molar-refractivity contribution in [3.05, 3.63) is 53.3 Å². The van der Waals surface area contributed by atoms with Crippen molar-refractivity contribution in [2.45, 2.75) is 70.4 Å². The smallest absolute Gasteiger partial charge is 0.327 e. The monoisotopic (exact) mass is 584 g/mol. The third kappa shape index (κ3) is 7.09. The van der Waals surface area contributed by atoms with Gasteiger partial charge >= 0.3 is 6.03 Å². The van der Waals surface area contributed by atoms with Gasteiger partial charge in [-0.2, -0.15) is 0 Å². The highest BCUT2D eigenvalue weighted by Crippen LogP contribution is 2.32. The highest BCUT2D eigenvalue weighted by Gasteiger charge is 2.41. The van der Waals surface area contributed by atoms with E-state index >= 15 is 0 Å². The van der Waals surface area contributed by atoms with Gasteiger partial charge in [-0.05, 0) is 57.9 Å². The first-order chi connectivity index (χ1) is 20.4. The first-order valence-electron chi connectivity index (χ1n) is 14.9. The summed E-state index contributed by atoms with van der Waals surface area (Å²) in [6.07, 6.45) is 10.0. The van der Waals surface area contributed by atoms with Crippen molar-refractivity contribution < 1.29 is 27.8 Å². The standard InChI is InChI=1S/C30H38F2N6O4/c1-2-41-13-14-42-12-5-3-4-11-37-19-27(39)38(30(37)40)22-8-6-7-21(16-22)35-29-25(32)18-34-28(36-29)23-9-10-26-24(23)15-20(31)17-33-26/h9,15,17-18,21-22H,2-8,10-14,16,19H2,1H3,(H,34,35,36)/t21-,22+/m0/s1. The summed E-state index contributed by atoms with van der Waals surface area (Å²) < 4.78 is 39.4. The van der Waals surface area contributed by atoms with Crippen molar-refractivity contribution in [2.24, 2.45) is 0 Å². The topological polar surface area (TPSA) is 110 Å². The van der Waals surface area contributed by atoms with Crippen LogP contribution < -0.4 is 5.32 Å². The second kappa shape index (κ2) is 14.1. The maximum atomic E-state index is 14.8. The van der Waals surface area contributed by atoms with Gasteiger partial charge in [-0.25, -0.2) is 23.5 Å². The molecule has 0 spiro atoms. The molecule has 1 aliphatic heterocycles. The van der Waals surface area contributed by atoms with Crippen molar-refractivity contribution in [2.75, 3.05) is 44.8 Å². The number of pyridine rings is 1. The Bertz CT molecular complexity index is 1310. The second-order valence-corrected chi connectivity index (χ2v) is 10.9. The molecule has 3 amide bonds. The molecule has 1 N–H and O–H groups in total. The number of urea groups is 1. The number of halogens is 2. The minimum atomic E-state index is -0.601. The van der Waals surface area contributed by atoms with E-state index in [1.165, 1.54) is 17.2 Å². The number of anilines is 1. The van der Waals surface area contributed by atoms with Gasteiger partial charge in [-0.3, -0.25) is 14.7 Å². The molecule has 10 nitrogen and oxygen atoms in total. The molecule has 1 saturated heterocycles. The van der Waals surface area contributed by atoms with Crippen LogP contribution >= 0.6 is 0 Å². The molecule has 2 aromatic heterocycles. The van der Waals surface area contributed by atoms with Gasteiger partial charge in [0.05, 0.1) is 31.3 Å². The number of hydrogen-bond donors (Lipinski definition) is 1. The molecule has 42 heavy (non-hydrogen) atoms. The van der Waals surface area contributed by atoms with E-state index in [-0.39, 0.29) is 42.2 Å². The lowest BCUT2D eigenvalue weighted by molar-refractivity contribution is -0.127. The number of hydrogen-bond acceptors (Lipinski definition) is 8. The van der Waals surface area contributed by atoms with Gasteiger partial charge in [0.2, 0.25) is 0 Å². The third-order valence-electron chi connectivity index (χ3n) is 7.93. The predicted molar refractivity (Wildman–Crippen MR) is 152 cm³/mol. The zero-order chi connectivity index (χ0) is 29.5. The van der Waals surface area contributed by atoms with Crippen LogP contribution in [-0.4, -0.2) is 88.3 Å². The van der Waals surface area contributed by atoms with E-state index in [0.717, 1.165) is 44.0 Å². The Kier molecular flexibility index (Phi) is 10.1. The molecule has 3 aliphatic rings. The Morgan fingerprint density at radius 2 is 1.90 bits per heavy atom. The van der Waals surface area contributed by atoms with Gasteiger partial charge in [-0.15, -0.1) is 0 Å². The van der Waals surface area contributed by atoms with Crippen LogP contribution in [0.4, 0.5) is 19.4 Å². The highest BCUT2D eigenvalue weighted by atomic mass is 19.1. The van der Waals surface area contributed by atoms with Crippen LogP contribution in [0, 0.1) is 11.6 Å². The van der Waals surface area contributed by atoms with E-state index in [4.69, 9.17) is 9.47 Å². The number of carbonyl (C=O) groups excluding carboxylic acids is 2. The number of unbranched alkanes of at least 4 members (excludes halogenated alkanes) is 2. The fraction of sp³-hybridized carbons (Fsp3) is 0.567. The van der Waals surface area contributed by atoms with Crippen molar-refractivity contribution in [3.63, 3.8) is 0 Å². The lowest BCUT2D eigenvalue weighted by Crippen LogP contribution is -2.46. The summed E-state index contributed by atoms with van der Waals surface area (Å²) in [5, 5.41) is 3.19. The van der Waals surface area contributed by atoms with Crippen LogP contribution in [0.2, 0.25) is 0 Å². The van der Waals surface area contributed by atoms with Crippen LogP contribution in [0.1, 0.15) is 69.0 Å². The molecule has 0 aromatic carbocycles. The zero-order valence-corrected chi connectivity index (χ0v) is 24.0. The third-order valence-corrected chi connectivity index (χ3v) is 7.93. The largest absolute Gasteiger partial charge is 0.379 e. The Morgan fingerprint density at radius 1 is 1.05 bits per heavy atom. The summed E-state index contributed by atoms with van der Waals surface area (Å²) in [6.45, 7) is 5.07. The molecule has 2 fully saturated rings. The molecule has 3 heterocycles. The van der Waals surface area contributed by atoms with E-state index in [1.54, 1.807) is 4.90 Å². The molecule has 1 saturated carbocycles. The lowest BCUT2D eigenvalue weighted by atomic mass is 9.90. The SMILES string of the molecule is CCOCCOCCCCCN1CC(=O)N([C@@H]2CCC[C@H](Nc3nc(C4=CCc5ncc(F)cc54)ncc3F)C2)C1=O. The summed E-state index contributed by atoms with van der Waals surface area (Å²) in [4.78, 5) is 41.8. The van der Waals surface area contributed by atoms with Gasteiger partial charge in [0, 0.05) is 49.4 Å². The quantitative estimate of drug-likeness (QED) is 0.258.